The van der Waals surface area contributed by atoms with Crippen molar-refractivity contribution in [2.45, 2.75) is 18.9 Å². The third-order valence-electron chi connectivity index (χ3n) is 4.93. The standard InChI is InChI=1S/C23H21N5O2/c24-15-17-14-21(27-23(29)20-8-4-5-11-25-20)22(26-16-17)28-12-9-19(10-13-28)30-18-6-2-1-3-7-18/h1-8,11,14,16,19H,9-10,12-13H2,(H,27,29). The molecule has 1 amide bonds. The van der Waals surface area contributed by atoms with Crippen LogP contribution in [0.4, 0.5) is 11.5 Å². The number of hydrogen-bond acceptors (Lipinski definition) is 6. The van der Waals surface area contributed by atoms with Crippen molar-refractivity contribution < 1.29 is 9.53 Å². The lowest BCUT2D eigenvalue weighted by Crippen LogP contribution is -2.39. The second kappa shape index (κ2) is 9.05. The number of benzene rings is 1. The SMILES string of the molecule is N#Cc1cnc(N2CCC(Oc3ccccc3)CC2)c(NC(=O)c2ccccn2)c1. The molecule has 0 unspecified atom stereocenters. The van der Waals surface area contributed by atoms with Crippen molar-refractivity contribution in [3.8, 4) is 11.8 Å². The molecular weight excluding hydrogens is 378 g/mol. The monoisotopic (exact) mass is 399 g/mol. The fraction of sp³-hybridized carbons (Fsp3) is 0.217. The van der Waals surface area contributed by atoms with Gasteiger partial charge in [-0.15, -0.1) is 0 Å². The topological polar surface area (TPSA) is 91.1 Å². The molecule has 4 rings (SSSR count). The zero-order valence-electron chi connectivity index (χ0n) is 16.4. The molecule has 1 aromatic carbocycles. The molecule has 7 nitrogen and oxygen atoms in total. The van der Waals surface area contributed by atoms with E-state index in [-0.39, 0.29) is 12.0 Å². The quantitative estimate of drug-likeness (QED) is 0.704. The molecule has 2 aromatic heterocycles. The minimum absolute atomic E-state index is 0.133. The van der Waals surface area contributed by atoms with E-state index in [0.717, 1.165) is 31.7 Å². The van der Waals surface area contributed by atoms with Crippen LogP contribution in [0.25, 0.3) is 0 Å². The molecule has 0 aliphatic carbocycles. The van der Waals surface area contributed by atoms with Gasteiger partial charge in [0.25, 0.3) is 5.91 Å². The van der Waals surface area contributed by atoms with Crippen molar-refractivity contribution in [3.63, 3.8) is 0 Å². The summed E-state index contributed by atoms with van der Waals surface area (Å²) in [6, 6.07) is 18.7. The zero-order valence-corrected chi connectivity index (χ0v) is 16.4. The lowest BCUT2D eigenvalue weighted by Gasteiger charge is -2.33. The van der Waals surface area contributed by atoms with Gasteiger partial charge in [0.15, 0.2) is 5.82 Å². The summed E-state index contributed by atoms with van der Waals surface area (Å²) in [6.07, 6.45) is 4.90. The highest BCUT2D eigenvalue weighted by Gasteiger charge is 2.24. The van der Waals surface area contributed by atoms with E-state index in [1.807, 2.05) is 30.3 Å². The van der Waals surface area contributed by atoms with Gasteiger partial charge in [0.2, 0.25) is 0 Å². The average Bonchev–Trinajstić information content (AvgIpc) is 2.81. The Morgan fingerprint density at radius 1 is 1.10 bits per heavy atom. The maximum atomic E-state index is 12.6. The van der Waals surface area contributed by atoms with Gasteiger partial charge in [0, 0.05) is 38.3 Å². The Labute approximate surface area is 175 Å². The first-order valence-corrected chi connectivity index (χ1v) is 9.82. The number of carbonyl (C=O) groups excluding carboxylic acids is 1. The molecule has 150 valence electrons. The van der Waals surface area contributed by atoms with Crippen LogP contribution in [-0.2, 0) is 0 Å². The Balaban J connectivity index is 1.47. The highest BCUT2D eigenvalue weighted by atomic mass is 16.5. The predicted octanol–water partition coefficient (Wildman–Crippen LogP) is 3.65. The third-order valence-corrected chi connectivity index (χ3v) is 4.93. The van der Waals surface area contributed by atoms with E-state index >= 15 is 0 Å². The van der Waals surface area contributed by atoms with E-state index in [1.54, 1.807) is 30.5 Å². The van der Waals surface area contributed by atoms with E-state index in [1.165, 1.54) is 6.20 Å². The van der Waals surface area contributed by atoms with E-state index in [9.17, 15) is 10.1 Å². The molecule has 0 radical (unpaired) electrons. The third kappa shape index (κ3) is 4.55. The predicted molar refractivity (Wildman–Crippen MR) is 113 cm³/mol. The highest BCUT2D eigenvalue weighted by molar-refractivity contribution is 6.04. The smallest absolute Gasteiger partial charge is 0.274 e. The highest BCUT2D eigenvalue weighted by Crippen LogP contribution is 2.28. The first-order chi connectivity index (χ1) is 14.7. The van der Waals surface area contributed by atoms with Crippen molar-refractivity contribution in [1.82, 2.24) is 9.97 Å². The molecule has 1 aliphatic heterocycles. The summed E-state index contributed by atoms with van der Waals surface area (Å²) in [7, 11) is 0. The molecule has 1 saturated heterocycles. The van der Waals surface area contributed by atoms with E-state index < -0.39 is 0 Å². The molecular formula is C23H21N5O2. The molecule has 1 fully saturated rings. The number of para-hydroxylation sites is 1. The Morgan fingerprint density at radius 2 is 1.87 bits per heavy atom. The second-order valence-corrected chi connectivity index (χ2v) is 6.99. The van der Waals surface area contributed by atoms with Gasteiger partial charge < -0.3 is 15.0 Å². The van der Waals surface area contributed by atoms with E-state index in [4.69, 9.17) is 4.74 Å². The van der Waals surface area contributed by atoms with Crippen molar-refractivity contribution in [3.05, 3.63) is 78.2 Å². The van der Waals surface area contributed by atoms with Crippen LogP contribution in [0, 0.1) is 11.3 Å². The van der Waals surface area contributed by atoms with Crippen molar-refractivity contribution in [1.29, 1.82) is 5.26 Å². The summed E-state index contributed by atoms with van der Waals surface area (Å²) in [5.74, 6) is 1.18. The van der Waals surface area contributed by atoms with Crippen LogP contribution >= 0.6 is 0 Å². The van der Waals surface area contributed by atoms with Gasteiger partial charge in [-0.1, -0.05) is 24.3 Å². The Morgan fingerprint density at radius 3 is 2.57 bits per heavy atom. The molecule has 1 aliphatic rings. The molecule has 0 atom stereocenters. The second-order valence-electron chi connectivity index (χ2n) is 6.99. The molecule has 0 bridgehead atoms. The van der Waals surface area contributed by atoms with Crippen LogP contribution in [0.1, 0.15) is 28.9 Å². The summed E-state index contributed by atoms with van der Waals surface area (Å²) in [4.78, 5) is 23.2. The maximum Gasteiger partial charge on any atom is 0.274 e. The van der Waals surface area contributed by atoms with Gasteiger partial charge >= 0.3 is 0 Å². The van der Waals surface area contributed by atoms with E-state index in [2.05, 4.69) is 26.3 Å². The minimum Gasteiger partial charge on any atom is -0.490 e. The number of amides is 1. The number of nitrogens with zero attached hydrogens (tertiary/aromatic N) is 4. The van der Waals surface area contributed by atoms with Crippen molar-refractivity contribution >= 4 is 17.4 Å². The maximum absolute atomic E-state index is 12.6. The average molecular weight is 399 g/mol. The number of pyridine rings is 2. The number of carbonyl (C=O) groups is 1. The number of ether oxygens (including phenoxy) is 1. The molecule has 7 heteroatoms. The van der Waals surface area contributed by atoms with Crippen molar-refractivity contribution in [2.24, 2.45) is 0 Å². The molecule has 0 saturated carbocycles. The fourth-order valence-corrected chi connectivity index (χ4v) is 3.42. The Hall–Kier alpha value is -3.92. The van der Waals surface area contributed by atoms with Crippen LogP contribution in [0.15, 0.2) is 67.0 Å². The number of piperidine rings is 1. The molecule has 3 aromatic rings. The first-order valence-electron chi connectivity index (χ1n) is 9.82. The molecule has 30 heavy (non-hydrogen) atoms. The summed E-state index contributed by atoms with van der Waals surface area (Å²) in [5.41, 5.74) is 1.20. The van der Waals surface area contributed by atoms with Crippen LogP contribution in [0.2, 0.25) is 0 Å². The van der Waals surface area contributed by atoms with Gasteiger partial charge in [0.1, 0.15) is 23.6 Å². The number of nitriles is 1. The molecule has 3 heterocycles. The van der Waals surface area contributed by atoms with E-state index in [0.29, 0.717) is 22.8 Å². The summed E-state index contributed by atoms with van der Waals surface area (Å²) < 4.78 is 6.06. The Kier molecular flexibility index (Phi) is 5.85. The Bertz CT molecular complexity index is 1040. The minimum atomic E-state index is -0.337. The number of rotatable bonds is 5. The first kappa shape index (κ1) is 19.4. The fourth-order valence-electron chi connectivity index (χ4n) is 3.42. The summed E-state index contributed by atoms with van der Waals surface area (Å²) in [6.45, 7) is 1.48. The van der Waals surface area contributed by atoms with Crippen LogP contribution in [-0.4, -0.2) is 35.1 Å². The normalized spacial score (nSPS) is 14.0. The number of nitrogens with one attached hydrogen (secondary N) is 1. The molecule has 1 N–H and O–H groups in total. The number of anilines is 2. The van der Waals surface area contributed by atoms with Gasteiger partial charge in [-0.05, 0) is 30.3 Å². The van der Waals surface area contributed by atoms with Gasteiger partial charge in [0.05, 0.1) is 11.3 Å². The van der Waals surface area contributed by atoms with Gasteiger partial charge in [-0.2, -0.15) is 5.26 Å². The lowest BCUT2D eigenvalue weighted by molar-refractivity contribution is 0.102. The van der Waals surface area contributed by atoms with Crippen molar-refractivity contribution in [2.75, 3.05) is 23.3 Å². The van der Waals surface area contributed by atoms with Crippen LogP contribution in [0.3, 0.4) is 0 Å². The molecule has 0 spiro atoms. The van der Waals surface area contributed by atoms with Crippen LogP contribution in [0.5, 0.6) is 5.75 Å². The number of hydrogen-bond donors (Lipinski definition) is 1. The largest absolute Gasteiger partial charge is 0.490 e. The van der Waals surface area contributed by atoms with Gasteiger partial charge in [-0.3, -0.25) is 9.78 Å². The van der Waals surface area contributed by atoms with Crippen LogP contribution < -0.4 is 15.0 Å². The summed E-state index contributed by atoms with van der Waals surface area (Å²) >= 11 is 0. The summed E-state index contributed by atoms with van der Waals surface area (Å²) in [5, 5.41) is 12.1. The lowest BCUT2D eigenvalue weighted by atomic mass is 10.1. The van der Waals surface area contributed by atoms with Gasteiger partial charge in [-0.25, -0.2) is 4.98 Å². The zero-order chi connectivity index (χ0) is 20.8. The number of aromatic nitrogens is 2.